The van der Waals surface area contributed by atoms with Crippen LogP contribution >= 0.6 is 0 Å². The van der Waals surface area contributed by atoms with E-state index in [1.807, 2.05) is 0 Å². The van der Waals surface area contributed by atoms with E-state index >= 15 is 0 Å². The van der Waals surface area contributed by atoms with E-state index in [0.29, 0.717) is 6.10 Å². The molecule has 0 aromatic rings. The summed E-state index contributed by atoms with van der Waals surface area (Å²) < 4.78 is 5.46. The summed E-state index contributed by atoms with van der Waals surface area (Å²) in [6.07, 6.45) is 22.0. The van der Waals surface area contributed by atoms with Gasteiger partial charge in [-0.1, -0.05) is 97.3 Å². The molecule has 0 radical (unpaired) electrons. The summed E-state index contributed by atoms with van der Waals surface area (Å²) in [7, 11) is 0. The van der Waals surface area contributed by atoms with Gasteiger partial charge in [-0.15, -0.1) is 0 Å². The minimum atomic E-state index is 0.628. The van der Waals surface area contributed by atoms with E-state index < -0.39 is 0 Å². The lowest BCUT2D eigenvalue weighted by Crippen LogP contribution is -2.26. The maximum atomic E-state index is 5.46. The molecule has 0 aromatic carbocycles. The number of ether oxygens (including phenoxy) is 1. The summed E-state index contributed by atoms with van der Waals surface area (Å²) in [4.78, 5) is 0. The normalized spacial score (nSPS) is 19.4. The van der Waals surface area contributed by atoms with E-state index in [0.717, 1.165) is 12.5 Å². The molecule has 0 saturated carbocycles. The molecular formula is C20H40O. The Hall–Kier alpha value is -0.0400. The standard InChI is InChI=1S/C20H40O/c1-3-5-6-11-14-19(4-2)15-12-9-7-8-10-13-16-20-17-18-21-20/h19-20H,3-18H2,1-2H3. The van der Waals surface area contributed by atoms with E-state index in [2.05, 4.69) is 13.8 Å². The lowest BCUT2D eigenvalue weighted by Gasteiger charge is -2.26. The van der Waals surface area contributed by atoms with Gasteiger partial charge in [-0.3, -0.25) is 0 Å². The molecule has 0 aromatic heterocycles. The first-order chi connectivity index (χ1) is 10.4. The third kappa shape index (κ3) is 10.3. The molecule has 0 N–H and O–H groups in total. The van der Waals surface area contributed by atoms with Gasteiger partial charge in [0.2, 0.25) is 0 Å². The quantitative estimate of drug-likeness (QED) is 0.299. The molecule has 0 aliphatic carbocycles. The molecule has 1 fully saturated rings. The van der Waals surface area contributed by atoms with Gasteiger partial charge in [0, 0.05) is 6.61 Å². The molecule has 2 unspecified atom stereocenters. The zero-order valence-corrected chi connectivity index (χ0v) is 14.9. The van der Waals surface area contributed by atoms with Gasteiger partial charge in [0.25, 0.3) is 0 Å². The van der Waals surface area contributed by atoms with Crippen molar-refractivity contribution in [1.29, 1.82) is 0 Å². The molecular weight excluding hydrogens is 256 g/mol. The SMILES string of the molecule is CCCCCCC(CC)CCCCCCCCC1CCO1. The average Bonchev–Trinajstić information content (AvgIpc) is 2.45. The molecule has 1 heteroatoms. The Morgan fingerprint density at radius 1 is 0.810 bits per heavy atom. The second kappa shape index (κ2) is 13.6. The largest absolute Gasteiger partial charge is 0.378 e. The summed E-state index contributed by atoms with van der Waals surface area (Å²) >= 11 is 0. The van der Waals surface area contributed by atoms with E-state index in [4.69, 9.17) is 4.74 Å². The second-order valence-corrected chi connectivity index (χ2v) is 7.10. The predicted octanol–water partition coefficient (Wildman–Crippen LogP) is 6.89. The van der Waals surface area contributed by atoms with Crippen molar-refractivity contribution in [1.82, 2.24) is 0 Å². The molecule has 0 amide bonds. The van der Waals surface area contributed by atoms with Crippen LogP contribution < -0.4 is 0 Å². The molecule has 126 valence electrons. The first-order valence-corrected chi connectivity index (χ1v) is 9.98. The summed E-state index contributed by atoms with van der Waals surface area (Å²) in [5, 5.41) is 0. The Kier molecular flexibility index (Phi) is 12.3. The molecule has 1 nitrogen and oxygen atoms in total. The number of hydrogen-bond donors (Lipinski definition) is 0. The Labute approximate surface area is 134 Å². The first-order valence-electron chi connectivity index (χ1n) is 9.98. The van der Waals surface area contributed by atoms with Crippen molar-refractivity contribution in [3.05, 3.63) is 0 Å². The Bertz CT molecular complexity index is 210. The van der Waals surface area contributed by atoms with Crippen LogP contribution in [0.1, 0.15) is 110 Å². The number of rotatable bonds is 15. The molecule has 2 atom stereocenters. The minimum absolute atomic E-state index is 0.628. The fourth-order valence-electron chi connectivity index (χ4n) is 3.44. The molecule has 0 spiro atoms. The summed E-state index contributed by atoms with van der Waals surface area (Å²) in [6, 6.07) is 0. The smallest absolute Gasteiger partial charge is 0.0597 e. The fraction of sp³-hybridized carbons (Fsp3) is 1.00. The van der Waals surface area contributed by atoms with Crippen molar-refractivity contribution in [3.63, 3.8) is 0 Å². The Morgan fingerprint density at radius 2 is 1.38 bits per heavy atom. The second-order valence-electron chi connectivity index (χ2n) is 7.10. The highest BCUT2D eigenvalue weighted by atomic mass is 16.5. The van der Waals surface area contributed by atoms with Crippen molar-refractivity contribution >= 4 is 0 Å². The third-order valence-corrected chi connectivity index (χ3v) is 5.23. The Morgan fingerprint density at radius 3 is 1.90 bits per heavy atom. The molecule has 1 heterocycles. The van der Waals surface area contributed by atoms with Crippen LogP contribution in [0, 0.1) is 5.92 Å². The molecule has 1 rings (SSSR count). The van der Waals surface area contributed by atoms with E-state index in [1.165, 1.54) is 96.3 Å². The van der Waals surface area contributed by atoms with Gasteiger partial charge in [-0.25, -0.2) is 0 Å². The van der Waals surface area contributed by atoms with Crippen LogP contribution in [0.4, 0.5) is 0 Å². The van der Waals surface area contributed by atoms with Crippen LogP contribution in [0.5, 0.6) is 0 Å². The Balaban J connectivity index is 1.80. The summed E-state index contributed by atoms with van der Waals surface area (Å²) in [6.45, 7) is 5.70. The topological polar surface area (TPSA) is 9.23 Å². The van der Waals surface area contributed by atoms with Crippen molar-refractivity contribution in [2.45, 2.75) is 116 Å². The lowest BCUT2D eigenvalue weighted by molar-refractivity contribution is -0.0555. The first kappa shape index (κ1) is 19.0. The van der Waals surface area contributed by atoms with Crippen molar-refractivity contribution < 1.29 is 4.74 Å². The van der Waals surface area contributed by atoms with Crippen LogP contribution in [0.3, 0.4) is 0 Å². The van der Waals surface area contributed by atoms with Gasteiger partial charge < -0.3 is 4.74 Å². The maximum absolute atomic E-state index is 5.46. The van der Waals surface area contributed by atoms with Crippen LogP contribution in [-0.4, -0.2) is 12.7 Å². The molecule has 1 aliphatic rings. The van der Waals surface area contributed by atoms with Gasteiger partial charge in [0.15, 0.2) is 0 Å². The van der Waals surface area contributed by atoms with Crippen LogP contribution in [0.2, 0.25) is 0 Å². The van der Waals surface area contributed by atoms with Crippen molar-refractivity contribution in [2.75, 3.05) is 6.61 Å². The minimum Gasteiger partial charge on any atom is -0.378 e. The van der Waals surface area contributed by atoms with Gasteiger partial charge in [-0.05, 0) is 18.8 Å². The lowest BCUT2D eigenvalue weighted by atomic mass is 9.92. The monoisotopic (exact) mass is 296 g/mol. The summed E-state index contributed by atoms with van der Waals surface area (Å²) in [5.74, 6) is 1.01. The molecule has 1 aliphatic heterocycles. The van der Waals surface area contributed by atoms with Gasteiger partial charge >= 0.3 is 0 Å². The van der Waals surface area contributed by atoms with Crippen LogP contribution in [-0.2, 0) is 4.74 Å². The third-order valence-electron chi connectivity index (χ3n) is 5.23. The summed E-state index contributed by atoms with van der Waals surface area (Å²) in [5.41, 5.74) is 0. The molecule has 21 heavy (non-hydrogen) atoms. The number of hydrogen-bond acceptors (Lipinski definition) is 1. The predicted molar refractivity (Wildman–Crippen MR) is 93.8 cm³/mol. The maximum Gasteiger partial charge on any atom is 0.0597 e. The van der Waals surface area contributed by atoms with Crippen LogP contribution in [0.25, 0.3) is 0 Å². The zero-order chi connectivity index (χ0) is 15.2. The highest BCUT2D eigenvalue weighted by Gasteiger charge is 2.16. The van der Waals surface area contributed by atoms with E-state index in [1.54, 1.807) is 0 Å². The molecule has 0 bridgehead atoms. The van der Waals surface area contributed by atoms with Crippen LogP contribution in [0.15, 0.2) is 0 Å². The van der Waals surface area contributed by atoms with Crippen molar-refractivity contribution in [3.8, 4) is 0 Å². The zero-order valence-electron chi connectivity index (χ0n) is 14.9. The van der Waals surface area contributed by atoms with Gasteiger partial charge in [-0.2, -0.15) is 0 Å². The average molecular weight is 297 g/mol. The van der Waals surface area contributed by atoms with Crippen molar-refractivity contribution in [2.24, 2.45) is 5.92 Å². The van der Waals surface area contributed by atoms with E-state index in [9.17, 15) is 0 Å². The fourth-order valence-corrected chi connectivity index (χ4v) is 3.44. The highest BCUT2D eigenvalue weighted by Crippen LogP contribution is 2.22. The number of unbranched alkanes of at least 4 members (excludes halogenated alkanes) is 8. The van der Waals surface area contributed by atoms with E-state index in [-0.39, 0.29) is 0 Å². The molecule has 1 saturated heterocycles. The van der Waals surface area contributed by atoms with Gasteiger partial charge in [0.05, 0.1) is 6.10 Å². The highest BCUT2D eigenvalue weighted by molar-refractivity contribution is 4.66. The van der Waals surface area contributed by atoms with Gasteiger partial charge in [0.1, 0.15) is 0 Å².